The topological polar surface area (TPSA) is 30.2 Å². The summed E-state index contributed by atoms with van der Waals surface area (Å²) in [6, 6.07) is 0. The molecular weight excluding hydrogens is 138 g/mol. The van der Waals surface area contributed by atoms with Crippen molar-refractivity contribution in [2.45, 2.75) is 13.8 Å². The van der Waals surface area contributed by atoms with Crippen molar-refractivity contribution in [2.24, 2.45) is 12.0 Å². The minimum atomic E-state index is 1.07. The Morgan fingerprint density at radius 1 is 1.45 bits per heavy atom. The average molecular weight is 151 g/mol. The van der Waals surface area contributed by atoms with Gasteiger partial charge in [-0.1, -0.05) is 0 Å². The molecule has 1 heterocycles. The SMILES string of the molecule is CN=Cc1c(C)c(C)nn1C. The van der Waals surface area contributed by atoms with Gasteiger partial charge >= 0.3 is 0 Å². The van der Waals surface area contributed by atoms with Gasteiger partial charge in [-0.15, -0.1) is 0 Å². The summed E-state index contributed by atoms with van der Waals surface area (Å²) in [5.74, 6) is 0. The van der Waals surface area contributed by atoms with Crippen molar-refractivity contribution in [3.8, 4) is 0 Å². The van der Waals surface area contributed by atoms with Crippen LogP contribution in [0.1, 0.15) is 17.0 Å². The lowest BCUT2D eigenvalue weighted by Crippen LogP contribution is -1.97. The van der Waals surface area contributed by atoms with Crippen molar-refractivity contribution < 1.29 is 0 Å². The van der Waals surface area contributed by atoms with Gasteiger partial charge in [0.25, 0.3) is 0 Å². The Kier molecular flexibility index (Phi) is 2.08. The van der Waals surface area contributed by atoms with Crippen LogP contribution in [0.25, 0.3) is 0 Å². The summed E-state index contributed by atoms with van der Waals surface area (Å²) in [5.41, 5.74) is 3.37. The Hall–Kier alpha value is -1.12. The van der Waals surface area contributed by atoms with Gasteiger partial charge in [0.05, 0.1) is 11.4 Å². The first kappa shape index (κ1) is 7.98. The van der Waals surface area contributed by atoms with Crippen LogP contribution in [0.3, 0.4) is 0 Å². The molecule has 0 saturated carbocycles. The molecule has 0 saturated heterocycles. The molecule has 0 aliphatic heterocycles. The lowest BCUT2D eigenvalue weighted by Gasteiger charge is -1.93. The third kappa shape index (κ3) is 1.31. The zero-order valence-electron chi connectivity index (χ0n) is 7.42. The average Bonchev–Trinajstić information content (AvgIpc) is 2.17. The molecule has 3 nitrogen and oxygen atoms in total. The van der Waals surface area contributed by atoms with Crippen molar-refractivity contribution in [1.82, 2.24) is 9.78 Å². The van der Waals surface area contributed by atoms with Gasteiger partial charge in [0.15, 0.2) is 0 Å². The molecule has 1 aromatic rings. The molecule has 3 heteroatoms. The van der Waals surface area contributed by atoms with E-state index in [4.69, 9.17) is 0 Å². The highest BCUT2D eigenvalue weighted by molar-refractivity contribution is 5.79. The van der Waals surface area contributed by atoms with Crippen LogP contribution in [0, 0.1) is 13.8 Å². The van der Waals surface area contributed by atoms with Crippen LogP contribution in [-0.4, -0.2) is 23.0 Å². The van der Waals surface area contributed by atoms with E-state index in [1.165, 1.54) is 5.56 Å². The highest BCUT2D eigenvalue weighted by Crippen LogP contribution is 2.08. The minimum absolute atomic E-state index is 1.07. The predicted molar refractivity (Wildman–Crippen MR) is 46.2 cm³/mol. The Bertz CT molecular complexity index is 284. The summed E-state index contributed by atoms with van der Waals surface area (Å²) < 4.78 is 1.84. The van der Waals surface area contributed by atoms with Crippen LogP contribution in [0.5, 0.6) is 0 Å². The maximum absolute atomic E-state index is 4.25. The molecule has 11 heavy (non-hydrogen) atoms. The van der Waals surface area contributed by atoms with E-state index in [-0.39, 0.29) is 0 Å². The van der Waals surface area contributed by atoms with Crippen LogP contribution >= 0.6 is 0 Å². The number of aromatic nitrogens is 2. The summed E-state index contributed by atoms with van der Waals surface area (Å²) in [5, 5.41) is 4.25. The first-order valence-corrected chi connectivity index (χ1v) is 3.59. The van der Waals surface area contributed by atoms with Crippen molar-refractivity contribution in [3.05, 3.63) is 17.0 Å². The Morgan fingerprint density at radius 2 is 2.09 bits per heavy atom. The highest BCUT2D eigenvalue weighted by Gasteiger charge is 2.04. The second-order valence-electron chi connectivity index (χ2n) is 2.61. The van der Waals surface area contributed by atoms with E-state index in [9.17, 15) is 0 Å². The van der Waals surface area contributed by atoms with Crippen LogP contribution in [0.4, 0.5) is 0 Å². The summed E-state index contributed by atoms with van der Waals surface area (Å²) in [6.07, 6.45) is 1.83. The zero-order chi connectivity index (χ0) is 8.43. The number of rotatable bonds is 1. The molecule has 1 aromatic heterocycles. The van der Waals surface area contributed by atoms with Gasteiger partial charge in [-0.05, 0) is 19.4 Å². The predicted octanol–water partition coefficient (Wildman–Crippen LogP) is 1.09. The maximum Gasteiger partial charge on any atom is 0.0816 e. The van der Waals surface area contributed by atoms with Crippen molar-refractivity contribution in [3.63, 3.8) is 0 Å². The molecule has 0 bridgehead atoms. The normalized spacial score (nSPS) is 11.3. The molecule has 0 atom stereocenters. The van der Waals surface area contributed by atoms with E-state index in [2.05, 4.69) is 17.0 Å². The molecular formula is C8H13N3. The molecule has 0 spiro atoms. The molecule has 0 N–H and O–H groups in total. The second-order valence-corrected chi connectivity index (χ2v) is 2.61. The quantitative estimate of drug-likeness (QED) is 0.552. The van der Waals surface area contributed by atoms with Crippen molar-refractivity contribution in [2.75, 3.05) is 7.05 Å². The zero-order valence-corrected chi connectivity index (χ0v) is 7.42. The van der Waals surface area contributed by atoms with E-state index in [1.807, 2.05) is 24.9 Å². The fraction of sp³-hybridized carbons (Fsp3) is 0.500. The number of hydrogen-bond donors (Lipinski definition) is 0. The van der Waals surface area contributed by atoms with Gasteiger partial charge in [-0.25, -0.2) is 0 Å². The molecule has 0 aliphatic rings. The summed E-state index contributed by atoms with van der Waals surface area (Å²) in [4.78, 5) is 3.96. The smallest absolute Gasteiger partial charge is 0.0816 e. The summed E-state index contributed by atoms with van der Waals surface area (Å²) >= 11 is 0. The van der Waals surface area contributed by atoms with Gasteiger partial charge in [-0.3, -0.25) is 9.67 Å². The monoisotopic (exact) mass is 151 g/mol. The molecule has 0 aliphatic carbocycles. The fourth-order valence-corrected chi connectivity index (χ4v) is 1.08. The van der Waals surface area contributed by atoms with Gasteiger partial charge in [0.1, 0.15) is 0 Å². The molecule has 1 rings (SSSR count). The molecule has 0 fully saturated rings. The van der Waals surface area contributed by atoms with Crippen LogP contribution in [0.2, 0.25) is 0 Å². The maximum atomic E-state index is 4.25. The van der Waals surface area contributed by atoms with Crippen LogP contribution in [0.15, 0.2) is 4.99 Å². The second kappa shape index (κ2) is 2.86. The van der Waals surface area contributed by atoms with Gasteiger partial charge < -0.3 is 0 Å². The van der Waals surface area contributed by atoms with E-state index >= 15 is 0 Å². The first-order valence-electron chi connectivity index (χ1n) is 3.59. The number of aryl methyl sites for hydroxylation is 2. The third-order valence-electron chi connectivity index (χ3n) is 1.83. The van der Waals surface area contributed by atoms with Crippen LogP contribution in [-0.2, 0) is 7.05 Å². The highest BCUT2D eigenvalue weighted by atomic mass is 15.3. The van der Waals surface area contributed by atoms with Crippen LogP contribution < -0.4 is 0 Å². The fourth-order valence-electron chi connectivity index (χ4n) is 1.08. The van der Waals surface area contributed by atoms with Crippen molar-refractivity contribution in [1.29, 1.82) is 0 Å². The Labute approximate surface area is 66.8 Å². The first-order chi connectivity index (χ1) is 5.16. The van der Waals surface area contributed by atoms with Gasteiger partial charge in [-0.2, -0.15) is 5.10 Å². The molecule has 0 radical (unpaired) electrons. The van der Waals surface area contributed by atoms with E-state index in [0.29, 0.717) is 0 Å². The molecule has 60 valence electrons. The Balaban J connectivity index is 3.22. The lowest BCUT2D eigenvalue weighted by atomic mass is 10.2. The molecule has 0 aromatic carbocycles. The third-order valence-corrected chi connectivity index (χ3v) is 1.83. The molecule has 0 amide bonds. The lowest BCUT2D eigenvalue weighted by molar-refractivity contribution is 0.751. The van der Waals surface area contributed by atoms with E-state index in [0.717, 1.165) is 11.4 Å². The van der Waals surface area contributed by atoms with Crippen molar-refractivity contribution >= 4 is 6.21 Å². The largest absolute Gasteiger partial charge is 0.294 e. The number of nitrogens with zero attached hydrogens (tertiary/aromatic N) is 3. The number of aliphatic imine (C=N–C) groups is 1. The van der Waals surface area contributed by atoms with E-state index in [1.54, 1.807) is 7.05 Å². The summed E-state index contributed by atoms with van der Waals surface area (Å²) in [7, 11) is 3.69. The minimum Gasteiger partial charge on any atom is -0.294 e. The molecule has 0 unspecified atom stereocenters. The van der Waals surface area contributed by atoms with Gasteiger partial charge in [0, 0.05) is 20.3 Å². The number of hydrogen-bond acceptors (Lipinski definition) is 2. The van der Waals surface area contributed by atoms with E-state index < -0.39 is 0 Å². The summed E-state index contributed by atoms with van der Waals surface area (Å²) in [6.45, 7) is 4.06. The van der Waals surface area contributed by atoms with Gasteiger partial charge in [0.2, 0.25) is 0 Å². The standard InChI is InChI=1S/C8H13N3/c1-6-7(2)10-11(4)8(6)5-9-3/h5H,1-4H3. The Morgan fingerprint density at radius 3 is 2.45 bits per heavy atom.